The van der Waals surface area contributed by atoms with Crippen LogP contribution in [0.1, 0.15) is 33.3 Å². The molecule has 7 heteroatoms. The molecule has 0 amide bonds. The molecular formula is C14H22BrFN2O2S. The molecule has 0 bridgehead atoms. The Hall–Kier alpha value is -0.500. The summed E-state index contributed by atoms with van der Waals surface area (Å²) in [5.74, 6) is -0.696. The van der Waals surface area contributed by atoms with Crippen molar-refractivity contribution in [3.63, 3.8) is 0 Å². The van der Waals surface area contributed by atoms with Gasteiger partial charge >= 0.3 is 0 Å². The van der Waals surface area contributed by atoms with Gasteiger partial charge in [-0.15, -0.1) is 0 Å². The third-order valence-electron chi connectivity index (χ3n) is 3.16. The van der Waals surface area contributed by atoms with Gasteiger partial charge in [0.25, 0.3) is 0 Å². The Morgan fingerprint density at radius 3 is 2.33 bits per heavy atom. The topological polar surface area (TPSA) is 49.4 Å². The number of hydrogen-bond acceptors (Lipinski definition) is 3. The average Bonchev–Trinajstić information content (AvgIpc) is 2.37. The first-order valence-electron chi connectivity index (χ1n) is 6.76. The van der Waals surface area contributed by atoms with Crippen molar-refractivity contribution < 1.29 is 12.8 Å². The van der Waals surface area contributed by atoms with E-state index < -0.39 is 15.8 Å². The molecule has 0 unspecified atom stereocenters. The molecule has 0 fully saturated rings. The zero-order chi connectivity index (χ0) is 16.4. The molecule has 0 atom stereocenters. The molecule has 120 valence electrons. The number of hydrogen-bond donors (Lipinski definition) is 1. The van der Waals surface area contributed by atoms with Crippen LogP contribution in [-0.4, -0.2) is 31.9 Å². The molecule has 0 aliphatic carbocycles. The fraction of sp³-hybridized carbons (Fsp3) is 0.571. The summed E-state index contributed by atoms with van der Waals surface area (Å²) < 4.78 is 41.2. The molecule has 0 aliphatic heterocycles. The predicted molar refractivity (Wildman–Crippen MR) is 86.2 cm³/mol. The summed E-state index contributed by atoms with van der Waals surface area (Å²) in [6.07, 6.45) is 0. The van der Waals surface area contributed by atoms with Crippen LogP contribution in [0.25, 0.3) is 0 Å². The summed E-state index contributed by atoms with van der Waals surface area (Å²) in [6, 6.07) is 2.84. The van der Waals surface area contributed by atoms with Crippen LogP contribution >= 0.6 is 15.9 Å². The maximum atomic E-state index is 14.6. The van der Waals surface area contributed by atoms with Gasteiger partial charge < -0.3 is 5.32 Å². The van der Waals surface area contributed by atoms with E-state index in [1.807, 2.05) is 13.8 Å². The molecule has 21 heavy (non-hydrogen) atoms. The van der Waals surface area contributed by atoms with E-state index in [-0.39, 0.29) is 23.5 Å². The first-order chi connectivity index (χ1) is 9.57. The van der Waals surface area contributed by atoms with Crippen molar-refractivity contribution in [2.75, 3.05) is 7.05 Å². The molecule has 1 aromatic carbocycles. The summed E-state index contributed by atoms with van der Waals surface area (Å²) in [5, 5.41) is 3.09. The number of nitrogens with one attached hydrogen (secondary N) is 1. The molecular weight excluding hydrogens is 359 g/mol. The molecule has 0 aliphatic rings. The van der Waals surface area contributed by atoms with Crippen LogP contribution in [0, 0.1) is 5.82 Å². The third-order valence-corrected chi connectivity index (χ3v) is 5.65. The molecule has 0 radical (unpaired) electrons. The highest BCUT2D eigenvalue weighted by Gasteiger charge is 2.28. The molecule has 0 saturated carbocycles. The molecule has 4 nitrogen and oxygen atoms in total. The van der Waals surface area contributed by atoms with E-state index in [0.717, 1.165) is 4.31 Å². The number of benzene rings is 1. The normalized spacial score (nSPS) is 12.7. The Labute approximate surface area is 134 Å². The fourth-order valence-electron chi connectivity index (χ4n) is 1.68. The summed E-state index contributed by atoms with van der Waals surface area (Å²) >= 11 is 3.26. The molecule has 1 aromatic rings. The second kappa shape index (κ2) is 7.17. The Kier molecular flexibility index (Phi) is 6.34. The molecule has 0 aromatic heterocycles. The van der Waals surface area contributed by atoms with Crippen LogP contribution in [0.15, 0.2) is 21.5 Å². The summed E-state index contributed by atoms with van der Waals surface area (Å²) in [7, 11) is -2.40. The van der Waals surface area contributed by atoms with Crippen LogP contribution < -0.4 is 5.32 Å². The van der Waals surface area contributed by atoms with Gasteiger partial charge in [-0.05, 0) is 26.0 Å². The van der Waals surface area contributed by atoms with Gasteiger partial charge in [-0.3, -0.25) is 0 Å². The summed E-state index contributed by atoms with van der Waals surface area (Å²) in [5.41, 5.74) is 0.328. The van der Waals surface area contributed by atoms with Gasteiger partial charge in [0.15, 0.2) is 0 Å². The van der Waals surface area contributed by atoms with Crippen molar-refractivity contribution in [1.29, 1.82) is 0 Å². The van der Waals surface area contributed by atoms with E-state index >= 15 is 0 Å². The first-order valence-corrected chi connectivity index (χ1v) is 9.00. The maximum Gasteiger partial charge on any atom is 0.246 e. The molecule has 0 heterocycles. The third kappa shape index (κ3) is 4.48. The van der Waals surface area contributed by atoms with Gasteiger partial charge in [0.1, 0.15) is 10.7 Å². The smallest absolute Gasteiger partial charge is 0.246 e. The lowest BCUT2D eigenvalue weighted by Gasteiger charge is -2.22. The van der Waals surface area contributed by atoms with E-state index in [1.165, 1.54) is 13.1 Å². The van der Waals surface area contributed by atoms with Crippen LogP contribution in [-0.2, 0) is 16.6 Å². The highest BCUT2D eigenvalue weighted by atomic mass is 79.9. The van der Waals surface area contributed by atoms with Gasteiger partial charge in [0, 0.05) is 35.7 Å². The van der Waals surface area contributed by atoms with Crippen molar-refractivity contribution in [3.05, 3.63) is 28.0 Å². The molecule has 1 rings (SSSR count). The van der Waals surface area contributed by atoms with Crippen molar-refractivity contribution >= 4 is 26.0 Å². The zero-order valence-electron chi connectivity index (χ0n) is 12.9. The van der Waals surface area contributed by atoms with E-state index in [0.29, 0.717) is 10.0 Å². The van der Waals surface area contributed by atoms with Crippen molar-refractivity contribution in [1.82, 2.24) is 9.62 Å². The number of halogens is 2. The average molecular weight is 381 g/mol. The van der Waals surface area contributed by atoms with Crippen molar-refractivity contribution in [2.45, 2.75) is 51.2 Å². The first kappa shape index (κ1) is 18.5. The maximum absolute atomic E-state index is 14.6. The van der Waals surface area contributed by atoms with E-state index in [2.05, 4.69) is 21.2 Å². The lowest BCUT2D eigenvalue weighted by molar-refractivity contribution is 0.406. The highest BCUT2D eigenvalue weighted by molar-refractivity contribution is 9.10. The molecule has 0 spiro atoms. The van der Waals surface area contributed by atoms with E-state index in [4.69, 9.17) is 0 Å². The number of sulfonamides is 1. The van der Waals surface area contributed by atoms with E-state index in [1.54, 1.807) is 19.9 Å². The SMILES string of the molecule is CC(C)NCc1cc(Br)cc(S(=O)(=O)N(C)C(C)C)c1F. The molecule has 1 N–H and O–H groups in total. The van der Waals surface area contributed by atoms with Gasteiger partial charge in [-0.2, -0.15) is 4.31 Å². The quantitative estimate of drug-likeness (QED) is 0.824. The standard InChI is InChI=1S/C14H22BrFN2O2S/c1-9(2)17-8-11-6-12(15)7-13(14(11)16)21(19,20)18(5)10(3)4/h6-7,9-10,17H,8H2,1-5H3. The summed E-state index contributed by atoms with van der Waals surface area (Å²) in [4.78, 5) is -0.298. The highest BCUT2D eigenvalue weighted by Crippen LogP contribution is 2.27. The van der Waals surface area contributed by atoms with Crippen LogP contribution in [0.5, 0.6) is 0 Å². The monoisotopic (exact) mass is 380 g/mol. The zero-order valence-corrected chi connectivity index (χ0v) is 15.3. The minimum atomic E-state index is -3.85. The largest absolute Gasteiger partial charge is 0.310 e. The minimum Gasteiger partial charge on any atom is -0.310 e. The van der Waals surface area contributed by atoms with Gasteiger partial charge in [0.2, 0.25) is 10.0 Å². The van der Waals surface area contributed by atoms with Crippen molar-refractivity contribution in [2.24, 2.45) is 0 Å². The lowest BCUT2D eigenvalue weighted by Crippen LogP contribution is -2.34. The lowest BCUT2D eigenvalue weighted by atomic mass is 10.2. The van der Waals surface area contributed by atoms with Gasteiger partial charge in [-0.1, -0.05) is 29.8 Å². The molecule has 0 saturated heterocycles. The minimum absolute atomic E-state index is 0.182. The van der Waals surface area contributed by atoms with Crippen molar-refractivity contribution in [3.8, 4) is 0 Å². The van der Waals surface area contributed by atoms with E-state index in [9.17, 15) is 12.8 Å². The summed E-state index contributed by atoms with van der Waals surface area (Å²) in [6.45, 7) is 7.65. The number of rotatable bonds is 6. The Morgan fingerprint density at radius 2 is 1.86 bits per heavy atom. The second-order valence-electron chi connectivity index (χ2n) is 5.53. The Balaban J connectivity index is 3.31. The Bertz CT molecular complexity index is 603. The number of nitrogens with zero attached hydrogens (tertiary/aromatic N) is 1. The fourth-order valence-corrected chi connectivity index (χ4v) is 3.84. The Morgan fingerprint density at radius 1 is 1.29 bits per heavy atom. The van der Waals surface area contributed by atoms with Gasteiger partial charge in [-0.25, -0.2) is 12.8 Å². The van der Waals surface area contributed by atoms with Crippen LogP contribution in [0.4, 0.5) is 4.39 Å². The van der Waals surface area contributed by atoms with Crippen LogP contribution in [0.3, 0.4) is 0 Å². The van der Waals surface area contributed by atoms with Crippen LogP contribution in [0.2, 0.25) is 0 Å². The van der Waals surface area contributed by atoms with Gasteiger partial charge in [0.05, 0.1) is 0 Å². The second-order valence-corrected chi connectivity index (χ2v) is 8.41. The predicted octanol–water partition coefficient (Wildman–Crippen LogP) is 3.12.